The molecule has 5 rings (SSSR count). The lowest BCUT2D eigenvalue weighted by Crippen LogP contribution is -2.36. The van der Waals surface area contributed by atoms with E-state index < -0.39 is 18.3 Å². The molecule has 5 heteroatoms. The average Bonchev–Trinajstić information content (AvgIpc) is 3.19. The predicted octanol–water partition coefficient (Wildman–Crippen LogP) is 4.77. The van der Waals surface area contributed by atoms with Crippen molar-refractivity contribution in [2.45, 2.75) is 18.1 Å². The smallest absolute Gasteiger partial charge is 0.407 e. The number of carbonyl (C=O) groups is 1. The Bertz CT molecular complexity index is 1260. The number of benzene rings is 4. The van der Waals surface area contributed by atoms with Gasteiger partial charge in [0.05, 0.1) is 0 Å². The summed E-state index contributed by atoms with van der Waals surface area (Å²) in [6.07, 6.45) is -2.91. The third-order valence-electron chi connectivity index (χ3n) is 6.28. The Morgan fingerprint density at radius 1 is 0.818 bits per heavy atom. The SMILES string of the molecule is O=C(NCC(O)C(O)c1ccc2ccccc2c1)OCC1c2ccccc2-c2ccccc21. The minimum absolute atomic E-state index is 0.0312. The molecular formula is C28H25NO4. The van der Waals surface area contributed by atoms with Crippen LogP contribution in [0.25, 0.3) is 21.9 Å². The van der Waals surface area contributed by atoms with Crippen molar-refractivity contribution in [1.29, 1.82) is 0 Å². The quantitative estimate of drug-likeness (QED) is 0.404. The van der Waals surface area contributed by atoms with Gasteiger partial charge in [-0.05, 0) is 44.7 Å². The fourth-order valence-electron chi connectivity index (χ4n) is 4.56. The van der Waals surface area contributed by atoms with E-state index in [-0.39, 0.29) is 19.1 Å². The number of fused-ring (bicyclic) bond motifs is 4. The molecule has 1 amide bonds. The van der Waals surface area contributed by atoms with Crippen LogP contribution in [0.1, 0.15) is 28.7 Å². The molecule has 3 N–H and O–H groups in total. The molecule has 2 unspecified atom stereocenters. The summed E-state index contributed by atoms with van der Waals surface area (Å²) in [6.45, 7) is 0.0772. The highest BCUT2D eigenvalue weighted by Gasteiger charge is 2.29. The first-order valence-electron chi connectivity index (χ1n) is 11.1. The second-order valence-corrected chi connectivity index (χ2v) is 8.33. The van der Waals surface area contributed by atoms with Crippen molar-refractivity contribution in [2.75, 3.05) is 13.2 Å². The molecule has 1 aliphatic carbocycles. The first-order valence-corrected chi connectivity index (χ1v) is 11.1. The highest BCUT2D eigenvalue weighted by molar-refractivity contribution is 5.83. The van der Waals surface area contributed by atoms with Crippen molar-refractivity contribution in [3.8, 4) is 11.1 Å². The molecule has 0 heterocycles. The van der Waals surface area contributed by atoms with Crippen molar-refractivity contribution >= 4 is 16.9 Å². The predicted molar refractivity (Wildman–Crippen MR) is 128 cm³/mol. The van der Waals surface area contributed by atoms with E-state index in [0.29, 0.717) is 5.56 Å². The lowest BCUT2D eigenvalue weighted by molar-refractivity contribution is 0.0186. The van der Waals surface area contributed by atoms with Gasteiger partial charge in [-0.1, -0.05) is 84.9 Å². The van der Waals surface area contributed by atoms with Crippen LogP contribution in [0.15, 0.2) is 91.0 Å². The van der Waals surface area contributed by atoms with Crippen LogP contribution in [0.5, 0.6) is 0 Å². The van der Waals surface area contributed by atoms with Gasteiger partial charge >= 0.3 is 6.09 Å². The molecule has 166 valence electrons. The normalized spacial score (nSPS) is 14.4. The van der Waals surface area contributed by atoms with E-state index in [1.165, 1.54) is 0 Å². The summed E-state index contributed by atoms with van der Waals surface area (Å²) in [6, 6.07) is 29.6. The molecule has 0 saturated heterocycles. The number of hydrogen-bond acceptors (Lipinski definition) is 4. The molecule has 2 atom stereocenters. The molecule has 0 spiro atoms. The van der Waals surface area contributed by atoms with E-state index in [1.54, 1.807) is 6.07 Å². The van der Waals surface area contributed by atoms with Crippen molar-refractivity contribution in [2.24, 2.45) is 0 Å². The third kappa shape index (κ3) is 4.21. The number of aliphatic hydroxyl groups is 2. The van der Waals surface area contributed by atoms with E-state index in [2.05, 4.69) is 29.6 Å². The molecule has 0 radical (unpaired) electrons. The monoisotopic (exact) mass is 439 g/mol. The second-order valence-electron chi connectivity index (χ2n) is 8.33. The zero-order valence-corrected chi connectivity index (χ0v) is 18.0. The van der Waals surface area contributed by atoms with Crippen molar-refractivity contribution in [3.63, 3.8) is 0 Å². The Kier molecular flexibility index (Phi) is 5.82. The van der Waals surface area contributed by atoms with Crippen LogP contribution in [0.4, 0.5) is 4.79 Å². The Balaban J connectivity index is 1.19. The van der Waals surface area contributed by atoms with Gasteiger partial charge < -0.3 is 20.3 Å². The lowest BCUT2D eigenvalue weighted by atomic mass is 9.98. The van der Waals surface area contributed by atoms with Crippen LogP contribution in [-0.2, 0) is 4.74 Å². The second kappa shape index (κ2) is 9.06. The molecule has 33 heavy (non-hydrogen) atoms. The zero-order valence-electron chi connectivity index (χ0n) is 18.0. The lowest BCUT2D eigenvalue weighted by Gasteiger charge is -2.20. The van der Waals surface area contributed by atoms with Gasteiger partial charge in [-0.2, -0.15) is 0 Å². The van der Waals surface area contributed by atoms with E-state index in [1.807, 2.05) is 60.7 Å². The van der Waals surface area contributed by atoms with E-state index >= 15 is 0 Å². The van der Waals surface area contributed by atoms with Crippen LogP contribution in [0, 0.1) is 0 Å². The number of carbonyl (C=O) groups excluding carboxylic acids is 1. The van der Waals surface area contributed by atoms with Gasteiger partial charge in [0.25, 0.3) is 0 Å². The molecule has 0 saturated carbocycles. The van der Waals surface area contributed by atoms with Gasteiger partial charge in [-0.15, -0.1) is 0 Å². The van der Waals surface area contributed by atoms with Crippen LogP contribution >= 0.6 is 0 Å². The number of ether oxygens (including phenoxy) is 1. The molecule has 4 aromatic rings. The zero-order chi connectivity index (χ0) is 22.8. The number of nitrogens with one attached hydrogen (secondary N) is 1. The highest BCUT2D eigenvalue weighted by Crippen LogP contribution is 2.44. The van der Waals surface area contributed by atoms with Gasteiger partial charge in [-0.3, -0.25) is 0 Å². The van der Waals surface area contributed by atoms with E-state index in [0.717, 1.165) is 33.0 Å². The summed E-state index contributed by atoms with van der Waals surface area (Å²) in [5.74, 6) is -0.0312. The standard InChI is InChI=1S/C28H25NO4/c30-26(27(31)20-14-13-18-7-1-2-8-19(18)15-20)16-29-28(32)33-17-25-23-11-5-3-9-21(23)22-10-4-6-12-24(22)25/h1-15,25-27,30-31H,16-17H2,(H,29,32). The summed E-state index contributed by atoms with van der Waals surface area (Å²) >= 11 is 0. The van der Waals surface area contributed by atoms with E-state index in [9.17, 15) is 15.0 Å². The van der Waals surface area contributed by atoms with Gasteiger partial charge in [0.1, 0.15) is 18.8 Å². The van der Waals surface area contributed by atoms with Crippen LogP contribution in [0.3, 0.4) is 0 Å². The Morgan fingerprint density at radius 2 is 1.42 bits per heavy atom. The summed E-state index contributed by atoms with van der Waals surface area (Å²) in [4.78, 5) is 12.3. The molecule has 1 aliphatic rings. The minimum Gasteiger partial charge on any atom is -0.449 e. The van der Waals surface area contributed by atoms with Crippen molar-refractivity contribution < 1.29 is 19.7 Å². The number of alkyl carbamates (subject to hydrolysis) is 1. The maximum Gasteiger partial charge on any atom is 0.407 e. The minimum atomic E-state index is -1.16. The van der Waals surface area contributed by atoms with Crippen molar-refractivity contribution in [1.82, 2.24) is 5.32 Å². The van der Waals surface area contributed by atoms with Gasteiger partial charge in [0, 0.05) is 12.5 Å². The first-order chi connectivity index (χ1) is 16.1. The maximum atomic E-state index is 12.3. The number of amides is 1. The molecule has 0 aromatic heterocycles. The first kappa shape index (κ1) is 21.2. The summed E-state index contributed by atoms with van der Waals surface area (Å²) in [5.41, 5.74) is 5.19. The van der Waals surface area contributed by atoms with Crippen LogP contribution in [0.2, 0.25) is 0 Å². The maximum absolute atomic E-state index is 12.3. The summed E-state index contributed by atoms with van der Waals surface area (Å²) in [7, 11) is 0. The number of rotatable bonds is 6. The van der Waals surface area contributed by atoms with Crippen LogP contribution in [-0.4, -0.2) is 35.6 Å². The Labute approximate surface area is 192 Å². The fourth-order valence-corrected chi connectivity index (χ4v) is 4.56. The topological polar surface area (TPSA) is 78.8 Å². The fraction of sp³-hybridized carbons (Fsp3) is 0.179. The molecule has 0 fully saturated rings. The average molecular weight is 440 g/mol. The molecule has 4 aromatic carbocycles. The van der Waals surface area contributed by atoms with E-state index in [4.69, 9.17) is 4.74 Å². The Hall–Kier alpha value is -3.67. The largest absolute Gasteiger partial charge is 0.449 e. The molecule has 0 bridgehead atoms. The van der Waals surface area contributed by atoms with Crippen LogP contribution < -0.4 is 5.32 Å². The van der Waals surface area contributed by atoms with Gasteiger partial charge in [-0.25, -0.2) is 4.79 Å². The van der Waals surface area contributed by atoms with Gasteiger partial charge in [0.2, 0.25) is 0 Å². The molecule has 5 nitrogen and oxygen atoms in total. The number of hydrogen-bond donors (Lipinski definition) is 3. The van der Waals surface area contributed by atoms with Gasteiger partial charge in [0.15, 0.2) is 0 Å². The highest BCUT2D eigenvalue weighted by atomic mass is 16.5. The third-order valence-corrected chi connectivity index (χ3v) is 6.28. The summed E-state index contributed by atoms with van der Waals surface area (Å²) < 4.78 is 5.49. The van der Waals surface area contributed by atoms with Crippen molar-refractivity contribution in [3.05, 3.63) is 108 Å². The molecule has 0 aliphatic heterocycles. The number of aliphatic hydroxyl groups excluding tert-OH is 2. The Morgan fingerprint density at radius 3 is 2.12 bits per heavy atom. The molecular weight excluding hydrogens is 414 g/mol. The summed E-state index contributed by atoms with van der Waals surface area (Å²) in [5, 5.41) is 25.6.